The molecule has 0 fully saturated rings. The maximum Gasteiger partial charge on any atom is 0.295 e. The van der Waals surface area contributed by atoms with Crippen LogP contribution in [0.4, 0.5) is 5.69 Å². The molecule has 0 unspecified atom stereocenters. The molecule has 7 heteroatoms. The summed E-state index contributed by atoms with van der Waals surface area (Å²) in [5, 5.41) is 16.1. The van der Waals surface area contributed by atoms with Gasteiger partial charge in [0.05, 0.1) is 16.5 Å². The molecule has 1 aromatic carbocycles. The molecule has 0 saturated heterocycles. The third-order valence-electron chi connectivity index (χ3n) is 3.23. The first kappa shape index (κ1) is 12.9. The van der Waals surface area contributed by atoms with Crippen molar-refractivity contribution >= 4 is 16.5 Å². The number of benzene rings is 1. The van der Waals surface area contributed by atoms with Gasteiger partial charge in [0.25, 0.3) is 11.2 Å². The lowest BCUT2D eigenvalue weighted by Crippen LogP contribution is -2.19. The Morgan fingerprint density at radius 1 is 1.19 bits per heavy atom. The molecule has 0 aliphatic carbocycles. The van der Waals surface area contributed by atoms with E-state index in [9.17, 15) is 14.9 Å². The lowest BCUT2D eigenvalue weighted by Gasteiger charge is -2.06. The van der Waals surface area contributed by atoms with Crippen LogP contribution in [0.3, 0.4) is 0 Å². The van der Waals surface area contributed by atoms with E-state index in [0.29, 0.717) is 16.3 Å². The summed E-state index contributed by atoms with van der Waals surface area (Å²) < 4.78 is 1.22. The SMILES string of the molecule is Cn1ncc2c(-c3ncccc3[N+](=O)[O-])cccc2c1=O. The molecule has 21 heavy (non-hydrogen) atoms. The second-order valence-corrected chi connectivity index (χ2v) is 4.47. The summed E-state index contributed by atoms with van der Waals surface area (Å²) in [7, 11) is 1.55. The van der Waals surface area contributed by atoms with E-state index in [-0.39, 0.29) is 16.9 Å². The van der Waals surface area contributed by atoms with Crippen molar-refractivity contribution in [2.24, 2.45) is 7.05 Å². The highest BCUT2D eigenvalue weighted by molar-refractivity contribution is 5.96. The van der Waals surface area contributed by atoms with Crippen molar-refractivity contribution in [3.8, 4) is 11.3 Å². The molecule has 3 aromatic rings. The van der Waals surface area contributed by atoms with Crippen molar-refractivity contribution in [1.29, 1.82) is 0 Å². The summed E-state index contributed by atoms with van der Waals surface area (Å²) in [6.45, 7) is 0. The molecule has 3 rings (SSSR count). The average molecular weight is 282 g/mol. The predicted molar refractivity (Wildman–Crippen MR) is 76.9 cm³/mol. The summed E-state index contributed by atoms with van der Waals surface area (Å²) in [5.41, 5.74) is 0.381. The third kappa shape index (κ3) is 2.04. The highest BCUT2D eigenvalue weighted by Gasteiger charge is 2.18. The number of rotatable bonds is 2. The van der Waals surface area contributed by atoms with Crippen molar-refractivity contribution < 1.29 is 4.92 Å². The Morgan fingerprint density at radius 3 is 2.76 bits per heavy atom. The number of fused-ring (bicyclic) bond motifs is 1. The summed E-state index contributed by atoms with van der Waals surface area (Å²) in [5.74, 6) is 0. The van der Waals surface area contributed by atoms with Gasteiger partial charge in [0.15, 0.2) is 0 Å². The maximum atomic E-state index is 12.1. The predicted octanol–water partition coefficient (Wildman–Crippen LogP) is 1.90. The van der Waals surface area contributed by atoms with Gasteiger partial charge in [0.1, 0.15) is 5.69 Å². The molecule has 2 heterocycles. The molecular formula is C14H10N4O3. The van der Waals surface area contributed by atoms with Gasteiger partial charge in [0.2, 0.25) is 0 Å². The molecule has 0 amide bonds. The van der Waals surface area contributed by atoms with Crippen molar-refractivity contribution in [3.63, 3.8) is 0 Å². The molecule has 0 aliphatic rings. The van der Waals surface area contributed by atoms with Crippen LogP contribution >= 0.6 is 0 Å². The van der Waals surface area contributed by atoms with Gasteiger partial charge in [-0.25, -0.2) is 9.67 Å². The van der Waals surface area contributed by atoms with E-state index < -0.39 is 4.92 Å². The van der Waals surface area contributed by atoms with E-state index in [1.54, 1.807) is 25.2 Å². The van der Waals surface area contributed by atoms with Crippen molar-refractivity contribution in [2.75, 3.05) is 0 Å². The fourth-order valence-corrected chi connectivity index (χ4v) is 2.22. The van der Waals surface area contributed by atoms with Gasteiger partial charge < -0.3 is 0 Å². The van der Waals surface area contributed by atoms with E-state index in [4.69, 9.17) is 0 Å². The van der Waals surface area contributed by atoms with Crippen LogP contribution in [-0.4, -0.2) is 19.7 Å². The summed E-state index contributed by atoms with van der Waals surface area (Å²) in [4.78, 5) is 26.8. The quantitative estimate of drug-likeness (QED) is 0.529. The molecule has 0 aliphatic heterocycles. The zero-order chi connectivity index (χ0) is 15.0. The fourth-order valence-electron chi connectivity index (χ4n) is 2.22. The summed E-state index contributed by atoms with van der Waals surface area (Å²) in [6.07, 6.45) is 3.00. The molecule has 0 saturated carbocycles. The van der Waals surface area contributed by atoms with Gasteiger partial charge >= 0.3 is 0 Å². The number of aromatic nitrogens is 3. The Bertz CT molecular complexity index is 917. The normalized spacial score (nSPS) is 10.7. The van der Waals surface area contributed by atoms with Crippen LogP contribution < -0.4 is 5.56 Å². The molecule has 0 atom stereocenters. The second kappa shape index (κ2) is 4.78. The van der Waals surface area contributed by atoms with Gasteiger partial charge in [0, 0.05) is 30.3 Å². The summed E-state index contributed by atoms with van der Waals surface area (Å²) >= 11 is 0. The largest absolute Gasteiger partial charge is 0.295 e. The van der Waals surface area contributed by atoms with Crippen LogP contribution in [0.5, 0.6) is 0 Å². The van der Waals surface area contributed by atoms with Gasteiger partial charge in [-0.05, 0) is 12.1 Å². The minimum atomic E-state index is -0.490. The highest BCUT2D eigenvalue weighted by Crippen LogP contribution is 2.31. The molecule has 0 spiro atoms. The van der Waals surface area contributed by atoms with Crippen molar-refractivity contribution in [3.05, 3.63) is 63.2 Å². The monoisotopic (exact) mass is 282 g/mol. The molecule has 0 N–H and O–H groups in total. The average Bonchev–Trinajstić information content (AvgIpc) is 2.50. The van der Waals surface area contributed by atoms with E-state index in [0.717, 1.165) is 0 Å². The van der Waals surface area contributed by atoms with Gasteiger partial charge in [-0.2, -0.15) is 5.10 Å². The van der Waals surface area contributed by atoms with Crippen LogP contribution in [0.15, 0.2) is 47.5 Å². The Morgan fingerprint density at radius 2 is 2.00 bits per heavy atom. The van der Waals surface area contributed by atoms with Crippen LogP contribution in [0.25, 0.3) is 22.0 Å². The smallest absolute Gasteiger partial charge is 0.267 e. The van der Waals surface area contributed by atoms with E-state index in [2.05, 4.69) is 10.1 Å². The van der Waals surface area contributed by atoms with E-state index in [1.807, 2.05) is 0 Å². The molecule has 2 aromatic heterocycles. The van der Waals surface area contributed by atoms with E-state index in [1.165, 1.54) is 29.2 Å². The van der Waals surface area contributed by atoms with Crippen LogP contribution in [0.2, 0.25) is 0 Å². The first-order chi connectivity index (χ1) is 10.1. The number of hydrogen-bond acceptors (Lipinski definition) is 5. The standard InChI is InChI=1S/C14H10N4O3/c1-17-14(19)10-5-2-4-9(11(10)8-16-17)13-12(18(20)21)6-3-7-15-13/h2-8H,1H3. The Hall–Kier alpha value is -3.09. The topological polar surface area (TPSA) is 90.9 Å². The van der Waals surface area contributed by atoms with Crippen molar-refractivity contribution in [1.82, 2.24) is 14.8 Å². The van der Waals surface area contributed by atoms with Gasteiger partial charge in [-0.1, -0.05) is 12.1 Å². The number of hydrogen-bond donors (Lipinski definition) is 0. The molecule has 0 bridgehead atoms. The fraction of sp³-hybridized carbons (Fsp3) is 0.0714. The minimum absolute atomic E-state index is 0.106. The lowest BCUT2D eigenvalue weighted by molar-refractivity contribution is -0.384. The molecular weight excluding hydrogens is 272 g/mol. The Balaban J connectivity index is 2.40. The first-order valence-electron chi connectivity index (χ1n) is 6.14. The molecule has 104 valence electrons. The van der Waals surface area contributed by atoms with Crippen molar-refractivity contribution in [2.45, 2.75) is 0 Å². The van der Waals surface area contributed by atoms with Crippen LogP contribution in [-0.2, 0) is 7.05 Å². The minimum Gasteiger partial charge on any atom is -0.267 e. The van der Waals surface area contributed by atoms with Gasteiger partial charge in [-0.15, -0.1) is 0 Å². The zero-order valence-corrected chi connectivity index (χ0v) is 11.1. The Labute approximate surface area is 118 Å². The third-order valence-corrected chi connectivity index (χ3v) is 3.23. The van der Waals surface area contributed by atoms with Crippen LogP contribution in [0, 0.1) is 10.1 Å². The second-order valence-electron chi connectivity index (χ2n) is 4.47. The summed E-state index contributed by atoms with van der Waals surface area (Å²) in [6, 6.07) is 7.92. The zero-order valence-electron chi connectivity index (χ0n) is 11.1. The van der Waals surface area contributed by atoms with E-state index >= 15 is 0 Å². The first-order valence-corrected chi connectivity index (χ1v) is 6.14. The van der Waals surface area contributed by atoms with Crippen LogP contribution in [0.1, 0.15) is 0 Å². The lowest BCUT2D eigenvalue weighted by atomic mass is 10.0. The number of nitrogens with zero attached hydrogens (tertiary/aromatic N) is 4. The number of nitro groups is 1. The highest BCUT2D eigenvalue weighted by atomic mass is 16.6. The maximum absolute atomic E-state index is 12.1. The molecule has 7 nitrogen and oxygen atoms in total. The number of pyridine rings is 1. The number of aryl methyl sites for hydroxylation is 1. The van der Waals surface area contributed by atoms with Gasteiger partial charge in [-0.3, -0.25) is 14.9 Å². The Kier molecular flexibility index (Phi) is 2.94. The molecule has 0 radical (unpaired) electrons.